The van der Waals surface area contributed by atoms with Crippen LogP contribution in [0.4, 0.5) is 4.79 Å². The van der Waals surface area contributed by atoms with Gasteiger partial charge in [0.2, 0.25) is 0 Å². The van der Waals surface area contributed by atoms with E-state index in [1.165, 1.54) is 0 Å². The van der Waals surface area contributed by atoms with Crippen LogP contribution in [0, 0.1) is 5.92 Å². The maximum absolute atomic E-state index is 10.3. The molecule has 1 fully saturated rings. The van der Waals surface area contributed by atoms with E-state index in [0.717, 1.165) is 25.7 Å². The minimum Gasteiger partial charge on any atom is -0.481 e. The van der Waals surface area contributed by atoms with Gasteiger partial charge in [0, 0.05) is 24.1 Å². The Kier molecular flexibility index (Phi) is 8.80. The summed E-state index contributed by atoms with van der Waals surface area (Å²) in [4.78, 5) is 19.9. The van der Waals surface area contributed by atoms with Crippen LogP contribution in [0.1, 0.15) is 39.0 Å². The van der Waals surface area contributed by atoms with Crippen LogP contribution in [-0.2, 0) is 9.53 Å². The summed E-state index contributed by atoms with van der Waals surface area (Å²) in [6.07, 6.45) is 4.31. The van der Waals surface area contributed by atoms with Crippen LogP contribution in [0.3, 0.4) is 0 Å². The molecule has 1 aliphatic carbocycles. The highest BCUT2D eigenvalue weighted by Gasteiger charge is 2.20. The number of ether oxygens (including phenoxy) is 1. The fourth-order valence-corrected chi connectivity index (χ4v) is 1.86. The number of aliphatic carboxylic acids is 1. The minimum absolute atomic E-state index is 0.319. The normalized spacial score (nSPS) is 23.2. The van der Waals surface area contributed by atoms with Crippen molar-refractivity contribution in [3.05, 3.63) is 0 Å². The van der Waals surface area contributed by atoms with Gasteiger partial charge < -0.3 is 15.6 Å². The van der Waals surface area contributed by atoms with E-state index in [0.29, 0.717) is 25.0 Å². The van der Waals surface area contributed by atoms with E-state index in [9.17, 15) is 9.59 Å². The molecule has 0 aliphatic heterocycles. The van der Waals surface area contributed by atoms with Crippen LogP contribution in [0.5, 0.6) is 0 Å². The standard InChI is InChI=1S/C8H15NO2.C3H5ClO2/c9-7-3-1-6(2-4-7)5-8(10)11;1-2-6-3(4)5/h6-7H,1-5,9H2,(H,10,11);2H2,1H3. The molecule has 1 aliphatic rings. The summed E-state index contributed by atoms with van der Waals surface area (Å²) in [5, 5.41) is 8.50. The summed E-state index contributed by atoms with van der Waals surface area (Å²) in [6.45, 7) is 2.04. The average Bonchev–Trinajstić information content (AvgIpc) is 2.21. The number of carbonyl (C=O) groups excluding carboxylic acids is 1. The van der Waals surface area contributed by atoms with E-state index in [1.54, 1.807) is 6.92 Å². The van der Waals surface area contributed by atoms with Crippen molar-refractivity contribution in [3.8, 4) is 0 Å². The maximum atomic E-state index is 10.3. The van der Waals surface area contributed by atoms with Gasteiger partial charge in [0.05, 0.1) is 6.61 Å². The van der Waals surface area contributed by atoms with Crippen molar-refractivity contribution < 1.29 is 19.4 Å². The van der Waals surface area contributed by atoms with Crippen LogP contribution in [-0.4, -0.2) is 29.2 Å². The second-order valence-corrected chi connectivity index (χ2v) is 4.36. The first-order valence-electron chi connectivity index (χ1n) is 5.75. The molecule has 6 heteroatoms. The van der Waals surface area contributed by atoms with Gasteiger partial charge in [0.25, 0.3) is 0 Å². The Labute approximate surface area is 106 Å². The van der Waals surface area contributed by atoms with Crippen LogP contribution in [0.2, 0.25) is 0 Å². The predicted molar refractivity (Wildman–Crippen MR) is 65.1 cm³/mol. The van der Waals surface area contributed by atoms with Gasteiger partial charge in [-0.2, -0.15) is 0 Å². The first-order valence-corrected chi connectivity index (χ1v) is 6.13. The van der Waals surface area contributed by atoms with Crippen molar-refractivity contribution in [1.82, 2.24) is 0 Å². The van der Waals surface area contributed by atoms with E-state index in [1.807, 2.05) is 0 Å². The predicted octanol–water partition coefficient (Wildman–Crippen LogP) is 2.36. The number of halogens is 1. The van der Waals surface area contributed by atoms with E-state index in [2.05, 4.69) is 4.74 Å². The summed E-state index contributed by atoms with van der Waals surface area (Å²) in [7, 11) is 0. The molecule has 1 rings (SSSR count). The van der Waals surface area contributed by atoms with Crippen LogP contribution in [0.15, 0.2) is 0 Å². The highest BCUT2D eigenvalue weighted by atomic mass is 35.5. The number of carboxylic acid groups (broad SMARTS) is 1. The first kappa shape index (κ1) is 16.2. The zero-order chi connectivity index (χ0) is 13.3. The number of rotatable bonds is 3. The lowest BCUT2D eigenvalue weighted by Gasteiger charge is -2.24. The lowest BCUT2D eigenvalue weighted by Crippen LogP contribution is -2.27. The molecule has 0 heterocycles. The Bertz CT molecular complexity index is 240. The van der Waals surface area contributed by atoms with Gasteiger partial charge in [0.15, 0.2) is 0 Å². The maximum Gasteiger partial charge on any atom is 0.403 e. The molecular formula is C11H20ClNO4. The smallest absolute Gasteiger partial charge is 0.403 e. The largest absolute Gasteiger partial charge is 0.481 e. The summed E-state index contributed by atoms with van der Waals surface area (Å²) in [5.74, 6) is -0.294. The average molecular weight is 266 g/mol. The molecule has 0 unspecified atom stereocenters. The third-order valence-corrected chi connectivity index (χ3v) is 2.72. The van der Waals surface area contributed by atoms with Gasteiger partial charge in [0.1, 0.15) is 0 Å². The summed E-state index contributed by atoms with van der Waals surface area (Å²) in [5.41, 5.74) is 4.94. The van der Waals surface area contributed by atoms with E-state index in [4.69, 9.17) is 22.4 Å². The number of nitrogens with two attached hydrogens (primary N) is 1. The monoisotopic (exact) mass is 265 g/mol. The van der Waals surface area contributed by atoms with Crippen molar-refractivity contribution in [2.75, 3.05) is 6.61 Å². The number of hydrogen-bond acceptors (Lipinski definition) is 4. The number of carboxylic acids is 1. The van der Waals surface area contributed by atoms with Gasteiger partial charge in [-0.3, -0.25) is 4.79 Å². The number of hydrogen-bond donors (Lipinski definition) is 2. The molecule has 0 aromatic carbocycles. The van der Waals surface area contributed by atoms with Crippen molar-refractivity contribution >= 4 is 23.0 Å². The molecule has 5 nitrogen and oxygen atoms in total. The molecule has 0 amide bonds. The summed E-state index contributed by atoms with van der Waals surface area (Å²) >= 11 is 4.72. The molecule has 0 spiro atoms. The van der Waals surface area contributed by atoms with E-state index >= 15 is 0 Å². The Hall–Kier alpha value is -0.810. The Morgan fingerprint density at radius 1 is 1.35 bits per heavy atom. The van der Waals surface area contributed by atoms with Gasteiger partial charge >= 0.3 is 11.4 Å². The molecule has 0 saturated heterocycles. The zero-order valence-electron chi connectivity index (χ0n) is 10.0. The molecule has 1 saturated carbocycles. The highest BCUT2D eigenvalue weighted by Crippen LogP contribution is 2.25. The topological polar surface area (TPSA) is 89.6 Å². The summed E-state index contributed by atoms with van der Waals surface area (Å²) < 4.78 is 4.17. The second kappa shape index (κ2) is 9.24. The van der Waals surface area contributed by atoms with Crippen molar-refractivity contribution in [3.63, 3.8) is 0 Å². The summed E-state index contributed by atoms with van der Waals surface area (Å²) in [6, 6.07) is 0.319. The quantitative estimate of drug-likeness (QED) is 0.765. The lowest BCUT2D eigenvalue weighted by molar-refractivity contribution is -0.138. The third-order valence-electron chi connectivity index (χ3n) is 2.61. The van der Waals surface area contributed by atoms with Crippen LogP contribution >= 0.6 is 11.6 Å². The van der Waals surface area contributed by atoms with Gasteiger partial charge in [-0.1, -0.05) is 0 Å². The molecule has 100 valence electrons. The molecule has 0 radical (unpaired) electrons. The molecular weight excluding hydrogens is 246 g/mol. The Morgan fingerprint density at radius 3 is 2.18 bits per heavy atom. The fourth-order valence-electron chi connectivity index (χ4n) is 1.75. The van der Waals surface area contributed by atoms with Crippen molar-refractivity contribution in [2.45, 2.75) is 45.1 Å². The Balaban J connectivity index is 0.000000366. The molecule has 17 heavy (non-hydrogen) atoms. The molecule has 0 atom stereocenters. The molecule has 0 aromatic rings. The SMILES string of the molecule is CCOC(=O)Cl.NC1CCC(CC(=O)O)CC1. The third kappa shape index (κ3) is 10.1. The van der Waals surface area contributed by atoms with Crippen molar-refractivity contribution in [2.24, 2.45) is 11.7 Å². The van der Waals surface area contributed by atoms with Gasteiger partial charge in [-0.05, 0) is 38.5 Å². The van der Waals surface area contributed by atoms with Crippen molar-refractivity contribution in [1.29, 1.82) is 0 Å². The van der Waals surface area contributed by atoms with Crippen LogP contribution in [0.25, 0.3) is 0 Å². The zero-order valence-corrected chi connectivity index (χ0v) is 10.8. The minimum atomic E-state index is -0.738. The first-order chi connectivity index (χ1) is 7.95. The second-order valence-electron chi connectivity index (χ2n) is 4.05. The fraction of sp³-hybridized carbons (Fsp3) is 0.818. The van der Waals surface area contributed by atoms with Crippen LogP contribution < -0.4 is 5.73 Å². The van der Waals surface area contributed by atoms with Gasteiger partial charge in [-0.15, -0.1) is 0 Å². The molecule has 0 bridgehead atoms. The van der Waals surface area contributed by atoms with E-state index in [-0.39, 0.29) is 0 Å². The highest BCUT2D eigenvalue weighted by molar-refractivity contribution is 6.61. The lowest BCUT2D eigenvalue weighted by atomic mass is 9.84. The van der Waals surface area contributed by atoms with Gasteiger partial charge in [-0.25, -0.2) is 4.79 Å². The molecule has 3 N–H and O–H groups in total. The Morgan fingerprint density at radius 2 is 1.88 bits per heavy atom. The number of carbonyl (C=O) groups is 2. The molecule has 0 aromatic heterocycles. The van der Waals surface area contributed by atoms with E-state index < -0.39 is 11.4 Å².